The van der Waals surface area contributed by atoms with E-state index in [0.29, 0.717) is 52.5 Å². The van der Waals surface area contributed by atoms with Crippen molar-refractivity contribution < 1.29 is 23.7 Å². The molecule has 5 heteroatoms. The number of carbonyl (C=O) groups excluding carboxylic acids is 1. The molecule has 0 aliphatic rings. The van der Waals surface area contributed by atoms with Crippen LogP contribution >= 0.6 is 0 Å². The number of rotatable bonds is 24. The average molecular weight is 417 g/mol. The van der Waals surface area contributed by atoms with Crippen molar-refractivity contribution in [2.45, 2.75) is 104 Å². The minimum atomic E-state index is -0.107. The summed E-state index contributed by atoms with van der Waals surface area (Å²) in [6.07, 6.45) is 16.9. The summed E-state index contributed by atoms with van der Waals surface area (Å²) in [7, 11) is 0. The minimum absolute atomic E-state index is 0.107. The molecule has 0 aromatic rings. The molecule has 0 amide bonds. The van der Waals surface area contributed by atoms with Crippen molar-refractivity contribution in [3.8, 4) is 0 Å². The Bertz CT molecular complexity index is 322. The summed E-state index contributed by atoms with van der Waals surface area (Å²) in [5.74, 6) is -0.107. The number of hydrogen-bond donors (Lipinski definition) is 0. The maximum Gasteiger partial charge on any atom is 0.305 e. The first-order chi connectivity index (χ1) is 14.3. The van der Waals surface area contributed by atoms with E-state index in [1.165, 1.54) is 64.2 Å². The molecule has 29 heavy (non-hydrogen) atoms. The summed E-state index contributed by atoms with van der Waals surface area (Å²) in [6.45, 7) is 8.43. The molecular formula is C24H48O5. The Labute approximate surface area is 180 Å². The molecule has 0 heterocycles. The van der Waals surface area contributed by atoms with E-state index in [9.17, 15) is 4.79 Å². The van der Waals surface area contributed by atoms with E-state index in [4.69, 9.17) is 18.9 Å². The van der Waals surface area contributed by atoms with Gasteiger partial charge in [0.25, 0.3) is 0 Å². The molecule has 0 radical (unpaired) electrons. The third kappa shape index (κ3) is 25.3. The predicted octanol–water partition coefficient (Wildman–Crippen LogP) is 6.08. The number of esters is 1. The lowest BCUT2D eigenvalue weighted by Crippen LogP contribution is -2.11. The molecule has 0 aliphatic heterocycles. The Balaban J connectivity index is 3.13. The van der Waals surface area contributed by atoms with Crippen LogP contribution in [0.1, 0.15) is 104 Å². The van der Waals surface area contributed by atoms with Crippen molar-refractivity contribution in [3.63, 3.8) is 0 Å². The Kier molecular flexibility index (Phi) is 24.8. The van der Waals surface area contributed by atoms with Crippen LogP contribution in [-0.4, -0.2) is 52.2 Å². The standard InChI is InChI=1S/C24H48O5/c1-3-5-6-7-8-9-10-11-12-13-14-15-19-29-24(25)17-16-18-27-22-23-28-21-20-26-4-2/h3-23H2,1-2H3. The van der Waals surface area contributed by atoms with Gasteiger partial charge in [0, 0.05) is 19.6 Å². The van der Waals surface area contributed by atoms with Crippen molar-refractivity contribution in [1.82, 2.24) is 0 Å². The van der Waals surface area contributed by atoms with Crippen LogP contribution < -0.4 is 0 Å². The molecule has 0 aliphatic carbocycles. The van der Waals surface area contributed by atoms with Gasteiger partial charge in [-0.15, -0.1) is 0 Å². The highest BCUT2D eigenvalue weighted by Crippen LogP contribution is 2.12. The summed E-state index contributed by atoms with van der Waals surface area (Å²) in [4.78, 5) is 11.7. The zero-order valence-electron chi connectivity index (χ0n) is 19.4. The summed E-state index contributed by atoms with van der Waals surface area (Å²) >= 11 is 0. The van der Waals surface area contributed by atoms with E-state index in [-0.39, 0.29) is 5.97 Å². The number of carbonyl (C=O) groups is 1. The lowest BCUT2D eigenvalue weighted by Gasteiger charge is -2.07. The summed E-state index contributed by atoms with van der Waals surface area (Å²) < 4.78 is 21.2. The highest BCUT2D eigenvalue weighted by atomic mass is 16.5. The minimum Gasteiger partial charge on any atom is -0.466 e. The van der Waals surface area contributed by atoms with Crippen LogP contribution in [-0.2, 0) is 23.7 Å². The predicted molar refractivity (Wildman–Crippen MR) is 119 cm³/mol. The monoisotopic (exact) mass is 416 g/mol. The lowest BCUT2D eigenvalue weighted by atomic mass is 10.1. The zero-order valence-corrected chi connectivity index (χ0v) is 19.4. The molecule has 0 N–H and O–H groups in total. The summed E-state index contributed by atoms with van der Waals surface area (Å²) in [5, 5.41) is 0. The number of ether oxygens (including phenoxy) is 4. The van der Waals surface area contributed by atoms with Gasteiger partial charge in [-0.25, -0.2) is 0 Å². The van der Waals surface area contributed by atoms with Crippen molar-refractivity contribution in [2.75, 3.05) is 46.2 Å². The van der Waals surface area contributed by atoms with Crippen LogP contribution in [0.2, 0.25) is 0 Å². The van der Waals surface area contributed by atoms with Gasteiger partial charge in [-0.05, 0) is 19.8 Å². The van der Waals surface area contributed by atoms with Crippen LogP contribution in [0, 0.1) is 0 Å². The second-order valence-corrected chi connectivity index (χ2v) is 7.63. The molecule has 174 valence electrons. The van der Waals surface area contributed by atoms with Gasteiger partial charge in [-0.1, -0.05) is 77.6 Å². The maximum absolute atomic E-state index is 11.7. The molecule has 0 unspecified atom stereocenters. The van der Waals surface area contributed by atoms with Gasteiger partial charge in [0.1, 0.15) is 0 Å². The normalized spacial score (nSPS) is 11.1. The fraction of sp³-hybridized carbons (Fsp3) is 0.958. The first kappa shape index (κ1) is 28.4. The van der Waals surface area contributed by atoms with E-state index in [1.807, 2.05) is 6.92 Å². The van der Waals surface area contributed by atoms with Crippen molar-refractivity contribution >= 4 is 5.97 Å². The summed E-state index contributed by atoms with van der Waals surface area (Å²) in [5.41, 5.74) is 0. The van der Waals surface area contributed by atoms with Gasteiger partial charge in [0.2, 0.25) is 0 Å². The molecule has 0 rings (SSSR count). The first-order valence-corrected chi connectivity index (χ1v) is 12.2. The third-order valence-corrected chi connectivity index (χ3v) is 4.88. The second kappa shape index (κ2) is 25.4. The molecule has 5 nitrogen and oxygen atoms in total. The SMILES string of the molecule is CCCCCCCCCCCCCCOC(=O)CCCOCCOCCOCC. The van der Waals surface area contributed by atoms with E-state index in [0.717, 1.165) is 19.4 Å². The van der Waals surface area contributed by atoms with Crippen LogP contribution in [0.4, 0.5) is 0 Å². The van der Waals surface area contributed by atoms with Gasteiger partial charge in [-0.2, -0.15) is 0 Å². The molecule has 0 atom stereocenters. The highest BCUT2D eigenvalue weighted by molar-refractivity contribution is 5.69. The lowest BCUT2D eigenvalue weighted by molar-refractivity contribution is -0.144. The topological polar surface area (TPSA) is 54.0 Å². The van der Waals surface area contributed by atoms with Gasteiger partial charge in [0.05, 0.1) is 33.0 Å². The second-order valence-electron chi connectivity index (χ2n) is 7.63. The Morgan fingerprint density at radius 3 is 1.55 bits per heavy atom. The number of unbranched alkanes of at least 4 members (excludes halogenated alkanes) is 11. The van der Waals surface area contributed by atoms with Crippen LogP contribution in [0.25, 0.3) is 0 Å². The first-order valence-electron chi connectivity index (χ1n) is 12.2. The van der Waals surface area contributed by atoms with E-state index in [2.05, 4.69) is 6.92 Å². The van der Waals surface area contributed by atoms with Crippen LogP contribution in [0.5, 0.6) is 0 Å². The molecular weight excluding hydrogens is 368 g/mol. The van der Waals surface area contributed by atoms with Crippen molar-refractivity contribution in [2.24, 2.45) is 0 Å². The fourth-order valence-electron chi connectivity index (χ4n) is 3.10. The Morgan fingerprint density at radius 2 is 1.00 bits per heavy atom. The highest BCUT2D eigenvalue weighted by Gasteiger charge is 2.02. The fourth-order valence-corrected chi connectivity index (χ4v) is 3.10. The molecule has 0 saturated carbocycles. The van der Waals surface area contributed by atoms with Crippen LogP contribution in [0.15, 0.2) is 0 Å². The van der Waals surface area contributed by atoms with E-state index >= 15 is 0 Å². The molecule has 0 spiro atoms. The van der Waals surface area contributed by atoms with E-state index < -0.39 is 0 Å². The largest absolute Gasteiger partial charge is 0.466 e. The Morgan fingerprint density at radius 1 is 0.517 bits per heavy atom. The van der Waals surface area contributed by atoms with E-state index in [1.54, 1.807) is 0 Å². The zero-order chi connectivity index (χ0) is 21.3. The van der Waals surface area contributed by atoms with Crippen LogP contribution in [0.3, 0.4) is 0 Å². The van der Waals surface area contributed by atoms with Gasteiger partial charge < -0.3 is 18.9 Å². The molecule has 0 bridgehead atoms. The van der Waals surface area contributed by atoms with Gasteiger partial charge in [0.15, 0.2) is 0 Å². The van der Waals surface area contributed by atoms with Gasteiger partial charge >= 0.3 is 5.97 Å². The molecule has 0 saturated heterocycles. The van der Waals surface area contributed by atoms with Crippen molar-refractivity contribution in [1.29, 1.82) is 0 Å². The molecule has 0 fully saturated rings. The summed E-state index contributed by atoms with van der Waals surface area (Å²) in [6, 6.07) is 0. The average Bonchev–Trinajstić information content (AvgIpc) is 2.72. The maximum atomic E-state index is 11.7. The van der Waals surface area contributed by atoms with Crippen molar-refractivity contribution in [3.05, 3.63) is 0 Å². The third-order valence-electron chi connectivity index (χ3n) is 4.88. The molecule has 0 aromatic heterocycles. The number of hydrogen-bond acceptors (Lipinski definition) is 5. The smallest absolute Gasteiger partial charge is 0.305 e. The quantitative estimate of drug-likeness (QED) is 0.141. The Hall–Kier alpha value is -0.650. The molecule has 0 aromatic carbocycles. The van der Waals surface area contributed by atoms with Gasteiger partial charge in [-0.3, -0.25) is 4.79 Å².